The second-order valence-corrected chi connectivity index (χ2v) is 11.0. The third-order valence-corrected chi connectivity index (χ3v) is 7.88. The molecule has 0 radical (unpaired) electrons. The van der Waals surface area contributed by atoms with Gasteiger partial charge in [-0.15, -0.1) is 16.4 Å². The van der Waals surface area contributed by atoms with Gasteiger partial charge in [-0.3, -0.25) is 9.78 Å². The number of thiophene rings is 1. The number of nitrogens with one attached hydrogen (secondary N) is 1. The van der Waals surface area contributed by atoms with Gasteiger partial charge < -0.3 is 9.88 Å². The van der Waals surface area contributed by atoms with Crippen LogP contribution >= 0.6 is 27.3 Å². The Labute approximate surface area is 213 Å². The molecule has 1 aliphatic carbocycles. The number of rotatable bonds is 5. The molecule has 9 nitrogen and oxygen atoms in total. The minimum absolute atomic E-state index is 0.0223. The lowest BCUT2D eigenvalue weighted by Crippen LogP contribution is -2.38. The number of amides is 1. The van der Waals surface area contributed by atoms with Crippen molar-refractivity contribution >= 4 is 44.2 Å². The molecular weight excluding hydrogens is 528 g/mol. The number of imidazole rings is 1. The first-order valence-corrected chi connectivity index (χ1v) is 13.0. The Bertz CT molecular complexity index is 1480. The highest BCUT2D eigenvalue weighted by molar-refractivity contribution is 9.11. The lowest BCUT2D eigenvalue weighted by Gasteiger charge is -2.31. The summed E-state index contributed by atoms with van der Waals surface area (Å²) in [6, 6.07) is 11.8. The molecule has 5 aromatic rings. The van der Waals surface area contributed by atoms with Crippen LogP contribution in [0, 0.1) is 0 Å². The van der Waals surface area contributed by atoms with Gasteiger partial charge in [0.1, 0.15) is 5.69 Å². The fourth-order valence-electron chi connectivity index (χ4n) is 4.71. The molecule has 0 saturated heterocycles. The Hall–Kier alpha value is -3.44. The SMILES string of the molecule is O=C(N[C@H]1CCC[C@@H](n2c(-c3ccccn3)nc3cc(-n4ccnn4)ncc32)C1)c1ccc(Br)s1. The highest BCUT2D eigenvalue weighted by Crippen LogP contribution is 2.36. The van der Waals surface area contributed by atoms with Gasteiger partial charge >= 0.3 is 0 Å². The van der Waals surface area contributed by atoms with E-state index in [2.05, 4.69) is 46.1 Å². The van der Waals surface area contributed by atoms with E-state index in [0.717, 1.165) is 52.0 Å². The molecule has 2 atom stereocenters. The van der Waals surface area contributed by atoms with Crippen molar-refractivity contribution in [2.24, 2.45) is 0 Å². The fourth-order valence-corrected chi connectivity index (χ4v) is 6.00. The highest BCUT2D eigenvalue weighted by atomic mass is 79.9. The van der Waals surface area contributed by atoms with E-state index >= 15 is 0 Å². The van der Waals surface area contributed by atoms with Crippen molar-refractivity contribution in [1.29, 1.82) is 0 Å². The summed E-state index contributed by atoms with van der Waals surface area (Å²) in [5.41, 5.74) is 2.56. The predicted molar refractivity (Wildman–Crippen MR) is 136 cm³/mol. The van der Waals surface area contributed by atoms with Gasteiger partial charge in [0.05, 0.1) is 38.3 Å². The van der Waals surface area contributed by atoms with Gasteiger partial charge in [0, 0.05) is 24.3 Å². The molecule has 0 aliphatic heterocycles. The third-order valence-electron chi connectivity index (χ3n) is 6.26. The van der Waals surface area contributed by atoms with E-state index in [0.29, 0.717) is 10.7 Å². The van der Waals surface area contributed by atoms with E-state index in [1.807, 2.05) is 42.6 Å². The molecule has 0 bridgehead atoms. The number of fused-ring (bicyclic) bond motifs is 1. The van der Waals surface area contributed by atoms with Crippen molar-refractivity contribution in [2.45, 2.75) is 37.8 Å². The van der Waals surface area contributed by atoms with Crippen LogP contribution in [-0.2, 0) is 0 Å². The molecule has 1 aliphatic rings. The molecule has 0 spiro atoms. The Morgan fingerprint density at radius 3 is 2.86 bits per heavy atom. The summed E-state index contributed by atoms with van der Waals surface area (Å²) < 4.78 is 4.82. The first-order valence-electron chi connectivity index (χ1n) is 11.4. The zero-order chi connectivity index (χ0) is 23.8. The van der Waals surface area contributed by atoms with Gasteiger partial charge in [-0.25, -0.2) is 14.6 Å². The minimum atomic E-state index is -0.0223. The van der Waals surface area contributed by atoms with Crippen molar-refractivity contribution in [3.63, 3.8) is 0 Å². The smallest absolute Gasteiger partial charge is 0.261 e. The van der Waals surface area contributed by atoms with E-state index < -0.39 is 0 Å². The number of hydrogen-bond donors (Lipinski definition) is 1. The first kappa shape index (κ1) is 22.1. The van der Waals surface area contributed by atoms with Crippen LogP contribution in [0.4, 0.5) is 0 Å². The molecule has 5 heterocycles. The van der Waals surface area contributed by atoms with Crippen molar-refractivity contribution < 1.29 is 4.79 Å². The van der Waals surface area contributed by atoms with Crippen LogP contribution in [0.1, 0.15) is 41.4 Å². The van der Waals surface area contributed by atoms with Gasteiger partial charge in [-0.05, 0) is 65.9 Å². The van der Waals surface area contributed by atoms with E-state index in [9.17, 15) is 4.79 Å². The van der Waals surface area contributed by atoms with Crippen LogP contribution < -0.4 is 5.32 Å². The summed E-state index contributed by atoms with van der Waals surface area (Å²) in [5.74, 6) is 1.44. The van der Waals surface area contributed by atoms with Gasteiger partial charge in [0.2, 0.25) is 0 Å². The van der Waals surface area contributed by atoms with Crippen LogP contribution in [-0.4, -0.2) is 46.5 Å². The van der Waals surface area contributed by atoms with Crippen molar-refractivity contribution in [2.75, 3.05) is 0 Å². The van der Waals surface area contributed by atoms with E-state index in [-0.39, 0.29) is 18.0 Å². The minimum Gasteiger partial charge on any atom is -0.349 e. The number of hydrogen-bond acceptors (Lipinski definition) is 7. The van der Waals surface area contributed by atoms with Crippen LogP contribution in [0.3, 0.4) is 0 Å². The molecule has 1 N–H and O–H groups in total. The van der Waals surface area contributed by atoms with E-state index in [4.69, 9.17) is 4.98 Å². The number of nitrogens with zero attached hydrogens (tertiary/aromatic N) is 7. The number of pyridine rings is 2. The largest absolute Gasteiger partial charge is 0.349 e. The van der Waals surface area contributed by atoms with Crippen LogP contribution in [0.5, 0.6) is 0 Å². The summed E-state index contributed by atoms with van der Waals surface area (Å²) in [6.45, 7) is 0. The second kappa shape index (κ2) is 9.31. The molecule has 6 rings (SSSR count). The third kappa shape index (κ3) is 4.37. The Morgan fingerprint density at radius 2 is 2.09 bits per heavy atom. The molecular formula is C24H21BrN8OS. The topological polar surface area (TPSA) is 103 Å². The Morgan fingerprint density at radius 1 is 1.14 bits per heavy atom. The normalized spacial score (nSPS) is 18.1. The predicted octanol–water partition coefficient (Wildman–Crippen LogP) is 4.81. The molecule has 11 heteroatoms. The van der Waals surface area contributed by atoms with E-state index in [1.165, 1.54) is 11.3 Å². The summed E-state index contributed by atoms with van der Waals surface area (Å²) in [7, 11) is 0. The molecule has 0 unspecified atom stereocenters. The highest BCUT2D eigenvalue weighted by Gasteiger charge is 2.29. The van der Waals surface area contributed by atoms with Crippen LogP contribution in [0.2, 0.25) is 0 Å². The molecule has 0 aromatic carbocycles. The number of halogens is 1. The average Bonchev–Trinajstić information content (AvgIpc) is 3.64. The second-order valence-electron chi connectivity index (χ2n) is 8.49. The zero-order valence-corrected chi connectivity index (χ0v) is 21.0. The maximum Gasteiger partial charge on any atom is 0.261 e. The summed E-state index contributed by atoms with van der Waals surface area (Å²) in [5, 5.41) is 11.2. The van der Waals surface area contributed by atoms with Gasteiger partial charge in [-0.2, -0.15) is 0 Å². The first-order chi connectivity index (χ1) is 17.2. The Balaban J connectivity index is 1.36. The lowest BCUT2D eigenvalue weighted by molar-refractivity contribution is 0.0925. The molecule has 1 saturated carbocycles. The molecule has 5 aromatic heterocycles. The number of aromatic nitrogens is 7. The number of carbonyl (C=O) groups excluding carboxylic acids is 1. The quantitative estimate of drug-likeness (QED) is 0.338. The summed E-state index contributed by atoms with van der Waals surface area (Å²) in [4.78, 5) is 27.7. The summed E-state index contributed by atoms with van der Waals surface area (Å²) >= 11 is 4.89. The van der Waals surface area contributed by atoms with Crippen molar-refractivity contribution in [1.82, 2.24) is 39.8 Å². The Kier molecular flexibility index (Phi) is 5.86. The van der Waals surface area contributed by atoms with Crippen molar-refractivity contribution in [3.05, 3.63) is 69.8 Å². The fraction of sp³-hybridized carbons (Fsp3) is 0.250. The lowest BCUT2D eigenvalue weighted by atomic mass is 9.90. The zero-order valence-electron chi connectivity index (χ0n) is 18.6. The maximum atomic E-state index is 12.8. The van der Waals surface area contributed by atoms with Gasteiger partial charge in [-0.1, -0.05) is 11.3 Å². The average molecular weight is 549 g/mol. The van der Waals surface area contributed by atoms with Crippen LogP contribution in [0.25, 0.3) is 28.4 Å². The van der Waals surface area contributed by atoms with Crippen molar-refractivity contribution in [3.8, 4) is 17.3 Å². The molecule has 1 amide bonds. The van der Waals surface area contributed by atoms with Gasteiger partial charge in [0.25, 0.3) is 5.91 Å². The van der Waals surface area contributed by atoms with E-state index in [1.54, 1.807) is 23.3 Å². The monoisotopic (exact) mass is 548 g/mol. The molecule has 176 valence electrons. The molecule has 1 fully saturated rings. The molecule has 35 heavy (non-hydrogen) atoms. The summed E-state index contributed by atoms with van der Waals surface area (Å²) in [6.07, 6.45) is 10.8. The van der Waals surface area contributed by atoms with Crippen LogP contribution in [0.15, 0.2) is 65.0 Å². The van der Waals surface area contributed by atoms with Gasteiger partial charge in [0.15, 0.2) is 11.6 Å². The maximum absolute atomic E-state index is 12.8. The number of carbonyl (C=O) groups is 1. The standard InChI is InChI=1S/C24H21BrN8OS/c25-21-8-7-20(35-21)24(34)29-15-4-3-5-16(12-15)33-19-14-27-22(32-11-10-28-31-32)13-18(19)30-23(33)17-6-1-2-9-26-17/h1-2,6-11,13-16H,3-5,12H2,(H,29,34)/t15-,16+/m0/s1.